The number of unbranched alkanes of at least 4 members (excludes halogenated alkanes) is 1. The molecule has 0 rings (SSSR count). The van der Waals surface area contributed by atoms with Crippen molar-refractivity contribution >= 4 is 0 Å². The van der Waals surface area contributed by atoms with Gasteiger partial charge in [0, 0.05) is 19.7 Å². The molecule has 0 aromatic carbocycles. The first-order valence-electron chi connectivity index (χ1n) is 7.90. The molecule has 0 fully saturated rings. The molecule has 118 valence electrons. The van der Waals surface area contributed by atoms with E-state index >= 15 is 0 Å². The molecule has 1 unspecified atom stereocenters. The van der Waals surface area contributed by atoms with Crippen LogP contribution in [0.4, 0.5) is 0 Å². The quantitative estimate of drug-likeness (QED) is 0.560. The van der Waals surface area contributed by atoms with E-state index in [4.69, 9.17) is 10.00 Å². The fourth-order valence-electron chi connectivity index (χ4n) is 2.52. The Morgan fingerprint density at radius 1 is 1.25 bits per heavy atom. The summed E-state index contributed by atoms with van der Waals surface area (Å²) in [6, 6.07) is 3.00. The molecule has 0 aliphatic carbocycles. The van der Waals surface area contributed by atoms with Gasteiger partial charge in [0.15, 0.2) is 0 Å². The van der Waals surface area contributed by atoms with Gasteiger partial charge < -0.3 is 10.1 Å². The number of hydrogen-bond donors (Lipinski definition) is 1. The number of nitriles is 1. The maximum atomic E-state index is 9.13. The van der Waals surface area contributed by atoms with Crippen molar-refractivity contribution in [2.24, 2.45) is 0 Å². The Balaban J connectivity index is 4.16. The van der Waals surface area contributed by atoms with Crippen LogP contribution in [0.2, 0.25) is 0 Å². The number of rotatable bonds is 12. The van der Waals surface area contributed by atoms with E-state index < -0.39 is 0 Å². The standard InChI is InChI=1S/C16H33N3O/c1-6-15(7-2)19(12-13-20-5)11-9-8-10-16(3,14-17)18-4/h15,18H,6-13H2,1-5H3. The molecule has 0 aromatic heterocycles. The molecule has 1 atom stereocenters. The van der Waals surface area contributed by atoms with E-state index in [1.165, 1.54) is 12.8 Å². The third kappa shape index (κ3) is 7.23. The molecule has 0 aliphatic rings. The molecule has 0 saturated heterocycles. The van der Waals surface area contributed by atoms with Crippen molar-refractivity contribution in [2.75, 3.05) is 33.9 Å². The normalized spacial score (nSPS) is 14.5. The number of nitrogens with zero attached hydrogens (tertiary/aromatic N) is 2. The second kappa shape index (κ2) is 11.1. The monoisotopic (exact) mass is 283 g/mol. The van der Waals surface area contributed by atoms with Gasteiger partial charge in [0.1, 0.15) is 5.54 Å². The second-order valence-electron chi connectivity index (χ2n) is 5.65. The summed E-state index contributed by atoms with van der Waals surface area (Å²) in [4.78, 5) is 2.53. The van der Waals surface area contributed by atoms with Gasteiger partial charge in [0.25, 0.3) is 0 Å². The molecule has 20 heavy (non-hydrogen) atoms. The summed E-state index contributed by atoms with van der Waals surface area (Å²) < 4.78 is 5.21. The lowest BCUT2D eigenvalue weighted by molar-refractivity contribution is 0.113. The number of ether oxygens (including phenoxy) is 1. The summed E-state index contributed by atoms with van der Waals surface area (Å²) >= 11 is 0. The summed E-state index contributed by atoms with van der Waals surface area (Å²) in [5, 5.41) is 12.2. The molecule has 4 heteroatoms. The van der Waals surface area contributed by atoms with Crippen molar-refractivity contribution in [2.45, 2.75) is 64.5 Å². The summed E-state index contributed by atoms with van der Waals surface area (Å²) in [6.45, 7) is 9.37. The van der Waals surface area contributed by atoms with E-state index in [1.807, 2.05) is 14.0 Å². The summed E-state index contributed by atoms with van der Waals surface area (Å²) in [5.41, 5.74) is -0.383. The summed E-state index contributed by atoms with van der Waals surface area (Å²) in [6.07, 6.45) is 5.49. The van der Waals surface area contributed by atoms with Gasteiger partial charge in [-0.05, 0) is 52.6 Å². The van der Waals surface area contributed by atoms with E-state index in [2.05, 4.69) is 30.1 Å². The van der Waals surface area contributed by atoms with E-state index in [0.717, 1.165) is 39.0 Å². The van der Waals surface area contributed by atoms with Crippen molar-refractivity contribution in [3.63, 3.8) is 0 Å². The van der Waals surface area contributed by atoms with Gasteiger partial charge in [0.05, 0.1) is 12.7 Å². The molecule has 1 N–H and O–H groups in total. The van der Waals surface area contributed by atoms with Crippen molar-refractivity contribution in [1.82, 2.24) is 10.2 Å². The first kappa shape index (κ1) is 19.4. The van der Waals surface area contributed by atoms with Crippen molar-refractivity contribution in [3.8, 4) is 6.07 Å². The van der Waals surface area contributed by atoms with Crippen LogP contribution in [0.5, 0.6) is 0 Å². The van der Waals surface area contributed by atoms with Gasteiger partial charge in [-0.25, -0.2) is 0 Å². The Morgan fingerprint density at radius 3 is 2.35 bits per heavy atom. The van der Waals surface area contributed by atoms with E-state index in [1.54, 1.807) is 7.11 Å². The SMILES string of the molecule is CCC(CC)N(CCCCC(C)(C#N)NC)CCOC. The summed E-state index contributed by atoms with van der Waals surface area (Å²) in [5.74, 6) is 0. The van der Waals surface area contributed by atoms with E-state index in [0.29, 0.717) is 6.04 Å². The highest BCUT2D eigenvalue weighted by molar-refractivity contribution is 5.02. The Kier molecular flexibility index (Phi) is 10.7. The molecule has 0 aliphatic heterocycles. The molecule has 0 spiro atoms. The summed E-state index contributed by atoms with van der Waals surface area (Å²) in [7, 11) is 3.62. The van der Waals surface area contributed by atoms with Crippen LogP contribution in [0.3, 0.4) is 0 Å². The molecule has 0 bridgehead atoms. The molecule has 0 aromatic rings. The van der Waals surface area contributed by atoms with Crippen LogP contribution in [0.1, 0.15) is 52.9 Å². The van der Waals surface area contributed by atoms with Crippen LogP contribution >= 0.6 is 0 Å². The Bertz CT molecular complexity index is 273. The molecule has 4 nitrogen and oxygen atoms in total. The van der Waals surface area contributed by atoms with Gasteiger partial charge in [-0.15, -0.1) is 0 Å². The minimum atomic E-state index is -0.383. The zero-order valence-electron chi connectivity index (χ0n) is 14.0. The first-order chi connectivity index (χ1) is 9.56. The number of nitrogens with one attached hydrogen (secondary N) is 1. The van der Waals surface area contributed by atoms with Crippen LogP contribution < -0.4 is 5.32 Å². The smallest absolute Gasteiger partial charge is 0.103 e. The molecule has 0 amide bonds. The van der Waals surface area contributed by atoms with Crippen molar-refractivity contribution in [1.29, 1.82) is 5.26 Å². The highest BCUT2D eigenvalue weighted by Gasteiger charge is 2.20. The first-order valence-corrected chi connectivity index (χ1v) is 7.90. The van der Waals surface area contributed by atoms with Gasteiger partial charge >= 0.3 is 0 Å². The minimum Gasteiger partial charge on any atom is -0.383 e. The van der Waals surface area contributed by atoms with Crippen molar-refractivity contribution < 1.29 is 4.74 Å². The maximum absolute atomic E-state index is 9.13. The highest BCUT2D eigenvalue weighted by atomic mass is 16.5. The highest BCUT2D eigenvalue weighted by Crippen LogP contribution is 2.14. The van der Waals surface area contributed by atoms with Gasteiger partial charge in [-0.3, -0.25) is 4.90 Å². The molecule has 0 heterocycles. The Hall–Kier alpha value is -0.630. The molecule has 0 radical (unpaired) electrons. The zero-order valence-corrected chi connectivity index (χ0v) is 14.0. The Labute approximate surface area is 125 Å². The zero-order chi connectivity index (χ0) is 15.4. The minimum absolute atomic E-state index is 0.383. The lowest BCUT2D eigenvalue weighted by Crippen LogP contribution is -2.39. The van der Waals surface area contributed by atoms with Crippen LogP contribution in [-0.4, -0.2) is 50.3 Å². The number of methoxy groups -OCH3 is 1. The topological polar surface area (TPSA) is 48.3 Å². The third-order valence-electron chi connectivity index (χ3n) is 4.21. The van der Waals surface area contributed by atoms with Gasteiger partial charge in [-0.2, -0.15) is 5.26 Å². The van der Waals surface area contributed by atoms with Gasteiger partial charge in [-0.1, -0.05) is 13.8 Å². The van der Waals surface area contributed by atoms with Crippen LogP contribution in [0.25, 0.3) is 0 Å². The predicted octanol–water partition coefficient (Wildman–Crippen LogP) is 2.80. The lowest BCUT2D eigenvalue weighted by atomic mass is 9.96. The molecular weight excluding hydrogens is 250 g/mol. The van der Waals surface area contributed by atoms with Crippen LogP contribution in [0.15, 0.2) is 0 Å². The second-order valence-corrected chi connectivity index (χ2v) is 5.65. The van der Waals surface area contributed by atoms with E-state index in [-0.39, 0.29) is 5.54 Å². The Morgan fingerprint density at radius 2 is 1.90 bits per heavy atom. The number of hydrogen-bond acceptors (Lipinski definition) is 4. The van der Waals surface area contributed by atoms with Crippen LogP contribution in [-0.2, 0) is 4.74 Å². The average Bonchev–Trinajstić information content (AvgIpc) is 2.49. The third-order valence-corrected chi connectivity index (χ3v) is 4.21. The van der Waals surface area contributed by atoms with E-state index in [9.17, 15) is 0 Å². The fourth-order valence-corrected chi connectivity index (χ4v) is 2.52. The van der Waals surface area contributed by atoms with Crippen molar-refractivity contribution in [3.05, 3.63) is 0 Å². The van der Waals surface area contributed by atoms with Gasteiger partial charge in [0.2, 0.25) is 0 Å². The molecular formula is C16H33N3O. The maximum Gasteiger partial charge on any atom is 0.103 e. The van der Waals surface area contributed by atoms with Crippen LogP contribution in [0, 0.1) is 11.3 Å². The average molecular weight is 283 g/mol. The molecule has 0 saturated carbocycles. The lowest BCUT2D eigenvalue weighted by Gasteiger charge is -2.30. The fraction of sp³-hybridized carbons (Fsp3) is 0.938. The predicted molar refractivity (Wildman–Crippen MR) is 84.7 cm³/mol. The largest absolute Gasteiger partial charge is 0.383 e.